The van der Waals surface area contributed by atoms with Crippen LogP contribution in [0.4, 0.5) is 0 Å². The quantitative estimate of drug-likeness (QED) is 0.0449. The number of esters is 1. The number of carbonyl (C=O) groups excluding carboxylic acids is 1. The first-order valence-corrected chi connectivity index (χ1v) is 32.7. The molecule has 0 amide bonds. The van der Waals surface area contributed by atoms with Gasteiger partial charge in [-0.2, -0.15) is 0 Å². The van der Waals surface area contributed by atoms with Gasteiger partial charge in [-0.1, -0.05) is 175 Å². The third-order valence-electron chi connectivity index (χ3n) is 15.6. The summed E-state index contributed by atoms with van der Waals surface area (Å²) in [7, 11) is 0. The van der Waals surface area contributed by atoms with Crippen LogP contribution in [0.5, 0.6) is 0 Å². The summed E-state index contributed by atoms with van der Waals surface area (Å²) in [6.07, 6.45) is 69.9. The van der Waals surface area contributed by atoms with Gasteiger partial charge in [-0.3, -0.25) is 4.79 Å². The first-order valence-electron chi connectivity index (χ1n) is 32.7. The fourth-order valence-corrected chi connectivity index (χ4v) is 9.79. The van der Waals surface area contributed by atoms with Gasteiger partial charge >= 0.3 is 5.97 Å². The van der Waals surface area contributed by atoms with Crippen molar-refractivity contribution in [3.8, 4) is 0 Å². The lowest BCUT2D eigenvalue weighted by molar-refractivity contribution is -0.143. The molecular formula is C79H128O2. The lowest BCUT2D eigenvalue weighted by Crippen LogP contribution is -2.02. The van der Waals surface area contributed by atoms with Crippen LogP contribution >= 0.6 is 0 Å². The molecule has 0 bridgehead atoms. The lowest BCUT2D eigenvalue weighted by atomic mass is 10.0. The molecule has 0 aromatic heterocycles. The Kier molecular flexibility index (Phi) is 48.4. The molecule has 0 aliphatic carbocycles. The molecule has 0 fully saturated rings. The van der Waals surface area contributed by atoms with Crippen LogP contribution in [-0.4, -0.2) is 12.6 Å². The van der Waals surface area contributed by atoms with Crippen molar-refractivity contribution in [2.45, 2.75) is 310 Å². The highest BCUT2D eigenvalue weighted by atomic mass is 16.5. The molecular weight excluding hydrogens is 981 g/mol. The van der Waals surface area contributed by atoms with E-state index < -0.39 is 0 Å². The molecule has 0 aliphatic rings. The molecule has 0 radical (unpaired) electrons. The Labute approximate surface area is 504 Å². The van der Waals surface area contributed by atoms with Gasteiger partial charge in [0.2, 0.25) is 0 Å². The van der Waals surface area contributed by atoms with Crippen LogP contribution in [0.15, 0.2) is 175 Å². The molecule has 0 atom stereocenters. The zero-order chi connectivity index (χ0) is 60.5. The van der Waals surface area contributed by atoms with Gasteiger partial charge in [0, 0.05) is 6.42 Å². The van der Waals surface area contributed by atoms with Crippen molar-refractivity contribution in [1.82, 2.24) is 0 Å². The summed E-state index contributed by atoms with van der Waals surface area (Å²) in [6.45, 7) is 38.8. The molecule has 0 rings (SSSR count). The van der Waals surface area contributed by atoms with E-state index in [-0.39, 0.29) is 5.97 Å². The van der Waals surface area contributed by atoms with Gasteiger partial charge in [-0.25, -0.2) is 0 Å². The van der Waals surface area contributed by atoms with Gasteiger partial charge < -0.3 is 4.74 Å². The van der Waals surface area contributed by atoms with E-state index in [4.69, 9.17) is 4.74 Å². The van der Waals surface area contributed by atoms with Gasteiger partial charge in [0.1, 0.15) is 0 Å². The third kappa shape index (κ3) is 52.1. The molecule has 0 spiro atoms. The third-order valence-corrected chi connectivity index (χ3v) is 15.6. The zero-order valence-electron chi connectivity index (χ0n) is 56.4. The van der Waals surface area contributed by atoms with E-state index >= 15 is 0 Å². The summed E-state index contributed by atoms with van der Waals surface area (Å²) in [5, 5.41) is 0. The molecule has 2 nitrogen and oxygen atoms in total. The van der Waals surface area contributed by atoms with Crippen LogP contribution in [0.1, 0.15) is 310 Å². The van der Waals surface area contributed by atoms with E-state index in [0.717, 1.165) is 122 Å². The summed E-state index contributed by atoms with van der Waals surface area (Å²) in [5.41, 5.74) is 22.5. The van der Waals surface area contributed by atoms with E-state index in [1.54, 1.807) is 0 Å². The summed E-state index contributed by atoms with van der Waals surface area (Å²) >= 11 is 0. The average Bonchev–Trinajstić information content (AvgIpc) is 3.38. The minimum Gasteiger partial charge on any atom is -0.466 e. The van der Waals surface area contributed by atoms with E-state index in [9.17, 15) is 4.79 Å². The number of hydrogen-bond donors (Lipinski definition) is 0. The normalized spacial score (nSPS) is 14.9. The molecule has 0 heterocycles. The summed E-state index contributed by atoms with van der Waals surface area (Å²) < 4.78 is 5.02. The van der Waals surface area contributed by atoms with Crippen LogP contribution in [0.3, 0.4) is 0 Å². The lowest BCUT2D eigenvalue weighted by Gasteiger charge is -2.04. The number of hydrogen-bond acceptors (Lipinski definition) is 2. The Morgan fingerprint density at radius 2 is 0.333 bits per heavy atom. The highest BCUT2D eigenvalue weighted by molar-refractivity contribution is 5.69. The summed E-state index contributed by atoms with van der Waals surface area (Å²) in [6, 6.07) is 0. The van der Waals surface area contributed by atoms with E-state index in [1.165, 1.54) is 148 Å². The van der Waals surface area contributed by atoms with Crippen molar-refractivity contribution in [1.29, 1.82) is 0 Å². The zero-order valence-corrected chi connectivity index (χ0v) is 56.4. The fourth-order valence-electron chi connectivity index (χ4n) is 9.79. The first-order chi connectivity index (χ1) is 38.7. The molecule has 0 aromatic rings. The molecule has 0 saturated heterocycles. The molecule has 0 unspecified atom stereocenters. The predicted octanol–water partition coefficient (Wildman–Crippen LogP) is 26.5. The van der Waals surface area contributed by atoms with Crippen molar-refractivity contribution in [3.05, 3.63) is 175 Å². The largest absolute Gasteiger partial charge is 0.466 e. The standard InChI is InChI=1S/C79H128O2/c1-18-81-79(80)63-33-62-78(17)61-32-60-77(16)59-31-58-76(15)57-30-56-75(14)55-29-54-74(13)53-28-52-73(12)51-27-50-72(11)49-26-48-71(10)47-25-46-70(9)45-24-44-69(8)43-23-42-68(7)41-22-40-67(6)39-21-38-66(5)37-20-36-65(4)35-19-34-64(2)3/h34,36,38,40,42,44,46,48,50,52,54,56,58,60,62H,18-33,35,37,39,41,43,45,47,49,51,53,55,57,59,61,63H2,1-17H3/b65-36+,66-38+,67-40-,68-42-,69-44-,70-46-,71-48-,72-50-,73-52-,74-54-,75-56-,76-58-,77-60-,78-62-. The first kappa shape index (κ1) is 76.6. The second-order valence-corrected chi connectivity index (χ2v) is 24.9. The Hall–Kier alpha value is -4.43. The molecule has 2 heteroatoms. The number of ether oxygens (including phenoxy) is 1. The second-order valence-electron chi connectivity index (χ2n) is 24.9. The molecule has 0 N–H and O–H groups in total. The smallest absolute Gasteiger partial charge is 0.306 e. The Morgan fingerprint density at radius 1 is 0.210 bits per heavy atom. The van der Waals surface area contributed by atoms with Crippen molar-refractivity contribution in [2.24, 2.45) is 0 Å². The molecule has 0 aromatic carbocycles. The van der Waals surface area contributed by atoms with Crippen molar-refractivity contribution in [2.75, 3.05) is 6.61 Å². The van der Waals surface area contributed by atoms with E-state index in [1.807, 2.05) is 6.92 Å². The van der Waals surface area contributed by atoms with Gasteiger partial charge in [0.05, 0.1) is 6.61 Å². The van der Waals surface area contributed by atoms with Crippen molar-refractivity contribution < 1.29 is 9.53 Å². The van der Waals surface area contributed by atoms with Crippen LogP contribution in [0.25, 0.3) is 0 Å². The van der Waals surface area contributed by atoms with Gasteiger partial charge in [0.15, 0.2) is 0 Å². The number of allylic oxidation sites excluding steroid dienone is 30. The van der Waals surface area contributed by atoms with Crippen molar-refractivity contribution in [3.63, 3.8) is 0 Å². The monoisotopic (exact) mass is 1110 g/mol. The van der Waals surface area contributed by atoms with Gasteiger partial charge in [-0.05, 0) is 304 Å². The van der Waals surface area contributed by atoms with Crippen LogP contribution in [0, 0.1) is 0 Å². The summed E-state index contributed by atoms with van der Waals surface area (Å²) in [4.78, 5) is 11.5. The minimum absolute atomic E-state index is 0.102. The Morgan fingerprint density at radius 3 is 0.457 bits per heavy atom. The SMILES string of the molecule is CCOC(=O)CC/C=C(/C)CC/C=C(/C)CC/C=C(/C)CC/C=C(/C)CC/C=C(/C)CC/C=C(/C)CC/C=C(/C)CC/C=C(/C)CC/C=C(/C)CC/C=C(/C)CC/C=C(/C)CC/C=C(/C)CC/C=C(\C)CC/C=C(\C)CCC=C(C)C. The maximum absolute atomic E-state index is 11.5. The fraction of sp³-hybridized carbons (Fsp3) is 0.608. The van der Waals surface area contributed by atoms with Crippen LogP contribution in [0.2, 0.25) is 0 Å². The molecule has 0 saturated carbocycles. The maximum atomic E-state index is 11.5. The molecule has 81 heavy (non-hydrogen) atoms. The van der Waals surface area contributed by atoms with Gasteiger partial charge in [-0.15, -0.1) is 0 Å². The molecule has 456 valence electrons. The summed E-state index contributed by atoms with van der Waals surface area (Å²) in [5.74, 6) is -0.102. The molecule has 0 aliphatic heterocycles. The number of rotatable bonds is 46. The van der Waals surface area contributed by atoms with Crippen molar-refractivity contribution >= 4 is 5.97 Å². The highest BCUT2D eigenvalue weighted by Gasteiger charge is 2.02. The minimum atomic E-state index is -0.102. The van der Waals surface area contributed by atoms with Crippen LogP contribution in [-0.2, 0) is 9.53 Å². The predicted molar refractivity (Wildman–Crippen MR) is 367 cm³/mol. The Bertz CT molecular complexity index is 2220. The topological polar surface area (TPSA) is 26.3 Å². The number of carbonyl (C=O) groups is 1. The Balaban J connectivity index is 4.32. The second kappa shape index (κ2) is 51.2. The maximum Gasteiger partial charge on any atom is 0.306 e. The van der Waals surface area contributed by atoms with E-state index in [2.05, 4.69) is 202 Å². The van der Waals surface area contributed by atoms with Gasteiger partial charge in [0.25, 0.3) is 0 Å². The highest BCUT2D eigenvalue weighted by Crippen LogP contribution is 2.21. The van der Waals surface area contributed by atoms with Crippen LogP contribution < -0.4 is 0 Å². The average molecular weight is 1110 g/mol. The van der Waals surface area contributed by atoms with E-state index in [0.29, 0.717) is 13.0 Å².